The highest BCUT2D eigenvalue weighted by atomic mass is 15.2. The molecule has 0 bridgehead atoms. The highest BCUT2D eigenvalue weighted by Gasteiger charge is 2.40. The molecule has 0 aromatic carbocycles. The van der Waals surface area contributed by atoms with Crippen LogP contribution < -0.4 is 10.2 Å². The molecule has 0 saturated carbocycles. The van der Waals surface area contributed by atoms with Crippen molar-refractivity contribution in [1.29, 1.82) is 0 Å². The molecule has 4 nitrogen and oxygen atoms in total. The number of nitrogens with one attached hydrogen (secondary N) is 1. The number of aryl methyl sites for hydroxylation is 1. The van der Waals surface area contributed by atoms with E-state index < -0.39 is 0 Å². The van der Waals surface area contributed by atoms with Crippen LogP contribution in [-0.4, -0.2) is 36.1 Å². The van der Waals surface area contributed by atoms with E-state index in [4.69, 9.17) is 0 Å². The first kappa shape index (κ1) is 10.0. The van der Waals surface area contributed by atoms with E-state index in [1.165, 1.54) is 25.9 Å². The van der Waals surface area contributed by atoms with Gasteiger partial charge < -0.3 is 10.2 Å². The summed E-state index contributed by atoms with van der Waals surface area (Å²) in [6.07, 6.45) is 4.28. The average Bonchev–Trinajstić information content (AvgIpc) is 2.90. The third-order valence-corrected chi connectivity index (χ3v) is 3.88. The van der Waals surface area contributed by atoms with E-state index in [2.05, 4.69) is 26.3 Å². The summed E-state index contributed by atoms with van der Waals surface area (Å²) in [5.41, 5.74) is 1.56. The molecule has 4 heteroatoms. The van der Waals surface area contributed by atoms with Gasteiger partial charge in [0.15, 0.2) is 0 Å². The second-order valence-electron chi connectivity index (χ2n) is 5.12. The number of nitrogens with zero attached hydrogens (tertiary/aromatic N) is 3. The van der Waals surface area contributed by atoms with Crippen molar-refractivity contribution < 1.29 is 0 Å². The van der Waals surface area contributed by atoms with E-state index in [0.29, 0.717) is 5.41 Å². The molecule has 2 fully saturated rings. The molecule has 1 spiro atoms. The van der Waals surface area contributed by atoms with Crippen molar-refractivity contribution in [3.63, 3.8) is 0 Å². The Hall–Kier alpha value is -1.16. The van der Waals surface area contributed by atoms with Gasteiger partial charge in [0.05, 0.1) is 0 Å². The van der Waals surface area contributed by atoms with Gasteiger partial charge in [0.1, 0.15) is 12.1 Å². The van der Waals surface area contributed by atoms with Gasteiger partial charge in [-0.3, -0.25) is 0 Å². The molecule has 1 aromatic heterocycles. The maximum atomic E-state index is 4.37. The van der Waals surface area contributed by atoms with Crippen molar-refractivity contribution in [2.45, 2.75) is 19.8 Å². The van der Waals surface area contributed by atoms with Gasteiger partial charge in [-0.25, -0.2) is 9.97 Å². The molecule has 1 aromatic rings. The molecule has 0 radical (unpaired) electrons. The number of hydrogen-bond acceptors (Lipinski definition) is 4. The van der Waals surface area contributed by atoms with Crippen LogP contribution in [0.3, 0.4) is 0 Å². The summed E-state index contributed by atoms with van der Waals surface area (Å²) in [6, 6.07) is 2.08. The smallest absolute Gasteiger partial charge is 0.132 e. The van der Waals surface area contributed by atoms with Crippen LogP contribution in [0.4, 0.5) is 5.82 Å². The summed E-state index contributed by atoms with van der Waals surface area (Å²) in [6.45, 7) is 6.66. The van der Waals surface area contributed by atoms with Gasteiger partial charge in [-0.2, -0.15) is 0 Å². The number of anilines is 1. The van der Waals surface area contributed by atoms with Gasteiger partial charge in [-0.05, 0) is 26.3 Å². The van der Waals surface area contributed by atoms with E-state index in [9.17, 15) is 0 Å². The Morgan fingerprint density at radius 3 is 3.06 bits per heavy atom. The second kappa shape index (κ2) is 3.70. The lowest BCUT2D eigenvalue weighted by molar-refractivity contribution is 0.369. The minimum Gasteiger partial charge on any atom is -0.356 e. The molecule has 1 N–H and O–H groups in total. The average molecular weight is 218 g/mol. The van der Waals surface area contributed by atoms with Crippen molar-refractivity contribution in [2.24, 2.45) is 5.41 Å². The second-order valence-corrected chi connectivity index (χ2v) is 5.12. The normalized spacial score (nSPS) is 29.2. The molecular weight excluding hydrogens is 200 g/mol. The maximum absolute atomic E-state index is 4.37. The quantitative estimate of drug-likeness (QED) is 0.762. The number of rotatable bonds is 1. The lowest BCUT2D eigenvalue weighted by atomic mass is 9.87. The molecule has 2 saturated heterocycles. The zero-order chi connectivity index (χ0) is 11.0. The van der Waals surface area contributed by atoms with E-state index in [-0.39, 0.29) is 0 Å². The molecule has 86 valence electrons. The minimum absolute atomic E-state index is 0.513. The third kappa shape index (κ3) is 1.67. The Labute approximate surface area is 96.1 Å². The number of aromatic nitrogens is 2. The Balaban J connectivity index is 1.78. The molecule has 2 aliphatic rings. The van der Waals surface area contributed by atoms with Crippen molar-refractivity contribution in [3.05, 3.63) is 18.1 Å². The molecule has 1 unspecified atom stereocenters. The summed E-state index contributed by atoms with van der Waals surface area (Å²) >= 11 is 0. The first-order valence-corrected chi connectivity index (χ1v) is 6.02. The zero-order valence-corrected chi connectivity index (χ0v) is 9.74. The monoisotopic (exact) mass is 218 g/mol. The molecule has 2 aliphatic heterocycles. The fraction of sp³-hybridized carbons (Fsp3) is 0.667. The summed E-state index contributed by atoms with van der Waals surface area (Å²) in [4.78, 5) is 10.9. The van der Waals surface area contributed by atoms with Crippen molar-refractivity contribution >= 4 is 5.82 Å². The Morgan fingerprint density at radius 1 is 1.38 bits per heavy atom. The fourth-order valence-electron chi connectivity index (χ4n) is 2.89. The van der Waals surface area contributed by atoms with Gasteiger partial charge in [0, 0.05) is 36.8 Å². The Morgan fingerprint density at radius 2 is 2.31 bits per heavy atom. The lowest BCUT2D eigenvalue weighted by Crippen LogP contribution is -2.29. The van der Waals surface area contributed by atoms with Crippen LogP contribution in [0.25, 0.3) is 0 Å². The predicted octanol–water partition coefficient (Wildman–Crippen LogP) is 0.975. The van der Waals surface area contributed by atoms with E-state index in [1.54, 1.807) is 6.33 Å². The maximum Gasteiger partial charge on any atom is 0.132 e. The fourth-order valence-corrected chi connectivity index (χ4v) is 2.89. The van der Waals surface area contributed by atoms with Crippen LogP contribution in [0.1, 0.15) is 18.5 Å². The minimum atomic E-state index is 0.513. The van der Waals surface area contributed by atoms with Gasteiger partial charge >= 0.3 is 0 Å². The zero-order valence-electron chi connectivity index (χ0n) is 9.74. The molecule has 3 heterocycles. The number of hydrogen-bond donors (Lipinski definition) is 1. The van der Waals surface area contributed by atoms with Gasteiger partial charge in [-0.15, -0.1) is 0 Å². The first-order valence-electron chi connectivity index (χ1n) is 6.02. The van der Waals surface area contributed by atoms with Crippen LogP contribution in [0, 0.1) is 12.3 Å². The van der Waals surface area contributed by atoms with Crippen molar-refractivity contribution in [3.8, 4) is 0 Å². The molecule has 16 heavy (non-hydrogen) atoms. The SMILES string of the molecule is Cc1cc(N2CCC3(CCNC3)C2)ncn1. The van der Waals surface area contributed by atoms with Crippen LogP contribution in [0.15, 0.2) is 12.4 Å². The molecular formula is C12H18N4. The van der Waals surface area contributed by atoms with Crippen LogP contribution in [-0.2, 0) is 0 Å². The molecule has 1 atom stereocenters. The standard InChI is InChI=1S/C12H18N4/c1-10-6-11(15-9-14-10)16-5-3-12(8-16)2-4-13-7-12/h6,9,13H,2-5,7-8H2,1H3. The predicted molar refractivity (Wildman–Crippen MR) is 63.5 cm³/mol. The Bertz CT molecular complexity index is 384. The summed E-state index contributed by atoms with van der Waals surface area (Å²) in [5.74, 6) is 1.09. The summed E-state index contributed by atoms with van der Waals surface area (Å²) in [5, 5.41) is 3.48. The topological polar surface area (TPSA) is 41.0 Å². The van der Waals surface area contributed by atoms with Crippen molar-refractivity contribution in [2.75, 3.05) is 31.1 Å². The highest BCUT2D eigenvalue weighted by molar-refractivity contribution is 5.40. The molecule has 0 amide bonds. The van der Waals surface area contributed by atoms with E-state index in [0.717, 1.165) is 24.6 Å². The van der Waals surface area contributed by atoms with Crippen molar-refractivity contribution in [1.82, 2.24) is 15.3 Å². The largest absolute Gasteiger partial charge is 0.356 e. The summed E-state index contributed by atoms with van der Waals surface area (Å²) in [7, 11) is 0. The van der Waals surface area contributed by atoms with Crippen LogP contribution >= 0.6 is 0 Å². The van der Waals surface area contributed by atoms with Crippen LogP contribution in [0.5, 0.6) is 0 Å². The van der Waals surface area contributed by atoms with Gasteiger partial charge in [0.2, 0.25) is 0 Å². The molecule has 3 rings (SSSR count). The molecule has 0 aliphatic carbocycles. The van der Waals surface area contributed by atoms with Gasteiger partial charge in [0.25, 0.3) is 0 Å². The first-order chi connectivity index (χ1) is 7.77. The highest BCUT2D eigenvalue weighted by Crippen LogP contribution is 2.37. The summed E-state index contributed by atoms with van der Waals surface area (Å²) < 4.78 is 0. The third-order valence-electron chi connectivity index (χ3n) is 3.88. The van der Waals surface area contributed by atoms with E-state index >= 15 is 0 Å². The van der Waals surface area contributed by atoms with E-state index in [1.807, 2.05) is 6.92 Å². The van der Waals surface area contributed by atoms with Crippen LogP contribution in [0.2, 0.25) is 0 Å². The lowest BCUT2D eigenvalue weighted by Gasteiger charge is -2.23. The van der Waals surface area contributed by atoms with Gasteiger partial charge in [-0.1, -0.05) is 0 Å². The Kier molecular flexibility index (Phi) is 2.32.